The second kappa shape index (κ2) is 11.4. The number of carbonyl (C=O) groups is 1. The number of hydrogen-bond donors (Lipinski definition) is 4. The van der Waals surface area contributed by atoms with Crippen LogP contribution in [-0.4, -0.2) is 37.8 Å². The molecule has 0 aliphatic carbocycles. The van der Waals surface area contributed by atoms with Gasteiger partial charge in [0.1, 0.15) is 5.84 Å². The molecule has 0 spiro atoms. The lowest BCUT2D eigenvalue weighted by atomic mass is 10.2. The third kappa shape index (κ3) is 13.5. The zero-order valence-corrected chi connectivity index (χ0v) is 14.7. The fraction of sp³-hybridized carbons (Fsp3) is 0.467. The predicted molar refractivity (Wildman–Crippen MR) is 93.8 cm³/mol. The van der Waals surface area contributed by atoms with Crippen LogP contribution in [0, 0.1) is 5.41 Å². The van der Waals surface area contributed by atoms with Crippen molar-refractivity contribution in [2.75, 3.05) is 18.6 Å². The molecule has 0 fully saturated rings. The number of rotatable bonds is 6. The van der Waals surface area contributed by atoms with Crippen molar-refractivity contribution in [2.45, 2.75) is 32.6 Å². The number of hydrogen-bond acceptors (Lipinski definition) is 6. The minimum absolute atomic E-state index is 0.0126. The molecular formula is C15H25N3O5S. The van der Waals surface area contributed by atoms with E-state index < -0.39 is 16.2 Å². The first-order valence-electron chi connectivity index (χ1n) is 7.44. The Bertz CT molecular complexity index is 607. The quantitative estimate of drug-likeness (QED) is 0.202. The van der Waals surface area contributed by atoms with Crippen molar-refractivity contribution < 1.29 is 22.5 Å². The van der Waals surface area contributed by atoms with Gasteiger partial charge in [-0.1, -0.05) is 26.2 Å². The summed E-state index contributed by atoms with van der Waals surface area (Å²) in [4.78, 5) is 11.4. The van der Waals surface area contributed by atoms with Crippen molar-refractivity contribution >= 4 is 27.7 Å². The minimum atomic E-state index is -3.67. The molecule has 5 N–H and O–H groups in total. The number of amidine groups is 1. The summed E-state index contributed by atoms with van der Waals surface area (Å²) in [6.45, 7) is 2.52. The molecule has 24 heavy (non-hydrogen) atoms. The van der Waals surface area contributed by atoms with Gasteiger partial charge in [0.05, 0.1) is 12.9 Å². The Morgan fingerprint density at radius 3 is 2.29 bits per heavy atom. The number of nitrogens with two attached hydrogens (primary N) is 1. The molecule has 9 heteroatoms. The molecular weight excluding hydrogens is 334 g/mol. The molecule has 0 aromatic heterocycles. The van der Waals surface area contributed by atoms with E-state index in [1.54, 1.807) is 24.3 Å². The third-order valence-electron chi connectivity index (χ3n) is 2.66. The highest BCUT2D eigenvalue weighted by Gasteiger charge is 2.07. The molecule has 1 rings (SSSR count). The Kier molecular flexibility index (Phi) is 10.4. The molecule has 136 valence electrons. The summed E-state index contributed by atoms with van der Waals surface area (Å²) in [5.74, 6) is 0.0126. The average Bonchev–Trinajstić information content (AvgIpc) is 2.46. The second-order valence-electron chi connectivity index (χ2n) is 5.05. The SMILES string of the molecule is CCCCCCOC(=O)NC(=N)c1ccc(N)cc1.CS(=O)(=O)O. The van der Waals surface area contributed by atoms with Gasteiger partial charge in [-0.3, -0.25) is 15.3 Å². The number of nitrogens with one attached hydrogen (secondary N) is 2. The van der Waals surface area contributed by atoms with Crippen LogP contribution in [0.4, 0.5) is 10.5 Å². The van der Waals surface area contributed by atoms with Crippen molar-refractivity contribution in [3.05, 3.63) is 29.8 Å². The smallest absolute Gasteiger partial charge is 0.412 e. The molecule has 0 aliphatic rings. The maximum absolute atomic E-state index is 11.4. The van der Waals surface area contributed by atoms with E-state index in [0.29, 0.717) is 24.1 Å². The van der Waals surface area contributed by atoms with Gasteiger partial charge in [0.25, 0.3) is 10.1 Å². The van der Waals surface area contributed by atoms with Crippen molar-refractivity contribution in [1.29, 1.82) is 5.41 Å². The summed E-state index contributed by atoms with van der Waals surface area (Å²) in [5, 5.41) is 10.1. The molecule has 1 amide bonds. The van der Waals surface area contributed by atoms with Crippen molar-refractivity contribution in [3.63, 3.8) is 0 Å². The monoisotopic (exact) mass is 359 g/mol. The van der Waals surface area contributed by atoms with Gasteiger partial charge in [-0.15, -0.1) is 0 Å². The van der Waals surface area contributed by atoms with Gasteiger partial charge in [-0.05, 0) is 30.7 Å². The fourth-order valence-electron chi connectivity index (χ4n) is 1.55. The highest BCUT2D eigenvalue weighted by atomic mass is 32.2. The van der Waals surface area contributed by atoms with E-state index in [2.05, 4.69) is 12.2 Å². The highest BCUT2D eigenvalue weighted by molar-refractivity contribution is 7.85. The molecule has 0 radical (unpaired) electrons. The summed E-state index contributed by atoms with van der Waals surface area (Å²) in [6.07, 6.45) is 4.33. The standard InChI is InChI=1S/C14H21N3O2.CH4O3S/c1-2-3-4-5-10-19-14(18)17-13(16)11-6-8-12(15)9-7-11;1-5(2,3)4/h6-9H,2-5,10,15H2,1H3,(H2,16,17,18);1H3,(H,2,3,4). The average molecular weight is 359 g/mol. The van der Waals surface area contributed by atoms with Crippen molar-refractivity contribution in [2.24, 2.45) is 0 Å². The molecule has 0 unspecified atom stereocenters. The van der Waals surface area contributed by atoms with Crippen LogP contribution in [0.25, 0.3) is 0 Å². The lowest BCUT2D eigenvalue weighted by Gasteiger charge is -2.08. The fourth-order valence-corrected chi connectivity index (χ4v) is 1.55. The normalized spacial score (nSPS) is 10.3. The first kappa shape index (κ1) is 21.9. The van der Waals surface area contributed by atoms with Gasteiger partial charge < -0.3 is 10.5 Å². The van der Waals surface area contributed by atoms with E-state index in [9.17, 15) is 13.2 Å². The zero-order valence-electron chi connectivity index (χ0n) is 13.9. The van der Waals surface area contributed by atoms with Crippen LogP contribution < -0.4 is 11.1 Å². The van der Waals surface area contributed by atoms with E-state index in [-0.39, 0.29) is 5.84 Å². The number of amides is 1. The Morgan fingerprint density at radius 1 is 1.25 bits per heavy atom. The first-order chi connectivity index (χ1) is 11.1. The number of carbonyl (C=O) groups excluding carboxylic acids is 1. The number of nitrogen functional groups attached to an aromatic ring is 1. The zero-order chi connectivity index (χ0) is 18.6. The molecule has 1 aromatic carbocycles. The number of unbranched alkanes of at least 4 members (excludes halogenated alkanes) is 3. The summed E-state index contributed by atoms with van der Waals surface area (Å²) in [6, 6.07) is 6.72. The molecule has 1 aromatic rings. The maximum Gasteiger partial charge on any atom is 0.412 e. The van der Waals surface area contributed by atoms with Crippen LogP contribution in [0.1, 0.15) is 38.2 Å². The Morgan fingerprint density at radius 2 is 1.79 bits per heavy atom. The lowest BCUT2D eigenvalue weighted by Crippen LogP contribution is -2.31. The van der Waals surface area contributed by atoms with E-state index in [4.69, 9.17) is 20.4 Å². The summed E-state index contributed by atoms with van der Waals surface area (Å²) in [7, 11) is -3.67. The van der Waals surface area contributed by atoms with Crippen LogP contribution in [0.5, 0.6) is 0 Å². The molecule has 0 aliphatic heterocycles. The Balaban J connectivity index is 0.000000922. The van der Waals surface area contributed by atoms with Crippen LogP contribution in [0.3, 0.4) is 0 Å². The lowest BCUT2D eigenvalue weighted by molar-refractivity contribution is 0.149. The number of benzene rings is 1. The van der Waals surface area contributed by atoms with Gasteiger partial charge in [0.15, 0.2) is 0 Å². The molecule has 0 heterocycles. The van der Waals surface area contributed by atoms with Gasteiger partial charge in [-0.2, -0.15) is 8.42 Å². The van der Waals surface area contributed by atoms with Gasteiger partial charge in [0, 0.05) is 11.3 Å². The molecule has 0 bridgehead atoms. The van der Waals surface area contributed by atoms with Crippen LogP contribution in [0.2, 0.25) is 0 Å². The second-order valence-corrected chi connectivity index (χ2v) is 6.52. The van der Waals surface area contributed by atoms with Gasteiger partial charge >= 0.3 is 6.09 Å². The molecule has 8 nitrogen and oxygen atoms in total. The number of anilines is 1. The van der Waals surface area contributed by atoms with E-state index in [1.807, 2.05) is 0 Å². The molecule has 0 saturated carbocycles. The third-order valence-corrected chi connectivity index (χ3v) is 2.66. The van der Waals surface area contributed by atoms with E-state index in [0.717, 1.165) is 25.7 Å². The minimum Gasteiger partial charge on any atom is -0.449 e. The van der Waals surface area contributed by atoms with E-state index in [1.165, 1.54) is 0 Å². The van der Waals surface area contributed by atoms with Gasteiger partial charge in [0.2, 0.25) is 0 Å². The molecule has 0 saturated heterocycles. The Labute approximate surface area is 142 Å². The largest absolute Gasteiger partial charge is 0.449 e. The van der Waals surface area contributed by atoms with Crippen LogP contribution in [0.15, 0.2) is 24.3 Å². The van der Waals surface area contributed by atoms with Crippen LogP contribution >= 0.6 is 0 Å². The Hall–Kier alpha value is -2.13. The number of alkyl carbamates (subject to hydrolysis) is 1. The first-order valence-corrected chi connectivity index (χ1v) is 9.29. The summed E-state index contributed by atoms with van der Waals surface area (Å²) < 4.78 is 30.9. The maximum atomic E-state index is 11.4. The predicted octanol–water partition coefficient (Wildman–Crippen LogP) is 2.40. The van der Waals surface area contributed by atoms with Crippen LogP contribution in [-0.2, 0) is 14.9 Å². The summed E-state index contributed by atoms with van der Waals surface area (Å²) >= 11 is 0. The van der Waals surface area contributed by atoms with Gasteiger partial charge in [-0.25, -0.2) is 4.79 Å². The highest BCUT2D eigenvalue weighted by Crippen LogP contribution is 2.05. The van der Waals surface area contributed by atoms with E-state index >= 15 is 0 Å². The number of ether oxygens (including phenoxy) is 1. The topological polar surface area (TPSA) is 143 Å². The summed E-state index contributed by atoms with van der Waals surface area (Å²) in [5.41, 5.74) is 6.77. The van der Waals surface area contributed by atoms with Crippen molar-refractivity contribution in [1.82, 2.24) is 5.32 Å². The van der Waals surface area contributed by atoms with Crippen molar-refractivity contribution in [3.8, 4) is 0 Å². The molecule has 0 atom stereocenters.